The number of rotatable bonds is 4. The van der Waals surface area contributed by atoms with E-state index in [9.17, 15) is 4.79 Å². The van der Waals surface area contributed by atoms with Gasteiger partial charge in [-0.1, -0.05) is 50.1 Å². The predicted molar refractivity (Wildman–Crippen MR) is 74.8 cm³/mol. The van der Waals surface area contributed by atoms with Crippen molar-refractivity contribution < 1.29 is 4.79 Å². The minimum Gasteiger partial charge on any atom is -0.304 e. The number of carbonyl (C=O) groups is 1. The molecule has 1 aliphatic carbocycles. The van der Waals surface area contributed by atoms with Crippen molar-refractivity contribution in [3.8, 4) is 0 Å². The van der Waals surface area contributed by atoms with E-state index in [2.05, 4.69) is 12.2 Å². The van der Waals surface area contributed by atoms with Crippen LogP contribution in [0.4, 0.5) is 0 Å². The highest BCUT2D eigenvalue weighted by Gasteiger charge is 2.25. The minimum absolute atomic E-state index is 0.0852. The number of hydrogen-bond donors (Lipinski definition) is 1. The summed E-state index contributed by atoms with van der Waals surface area (Å²) in [4.78, 5) is 12.3. The number of Topliss-reactive ketones (excluding diaryl/α,β-unsaturated/α-hetero) is 1. The maximum absolute atomic E-state index is 12.3. The molecule has 98 valence electrons. The van der Waals surface area contributed by atoms with Crippen LogP contribution in [0.2, 0.25) is 0 Å². The summed E-state index contributed by atoms with van der Waals surface area (Å²) in [5.74, 6) is 0.887. The summed E-state index contributed by atoms with van der Waals surface area (Å²) in [5.41, 5.74) is 0.806. The van der Waals surface area contributed by atoms with E-state index in [1.165, 1.54) is 25.7 Å². The van der Waals surface area contributed by atoms with Crippen molar-refractivity contribution in [3.05, 3.63) is 35.9 Å². The standard InChI is InChI=1S/C16H23NO/c1-12-8-6-7-11-15(12)17-13(2)16(18)14-9-4-3-5-10-14/h3-5,9-10,12-13,15,17H,6-8,11H2,1-2H3. The van der Waals surface area contributed by atoms with Crippen LogP contribution in [0.1, 0.15) is 49.9 Å². The molecular formula is C16H23NO. The van der Waals surface area contributed by atoms with E-state index in [0.717, 1.165) is 5.56 Å². The number of nitrogens with one attached hydrogen (secondary N) is 1. The molecule has 2 nitrogen and oxygen atoms in total. The van der Waals surface area contributed by atoms with Crippen molar-refractivity contribution in [1.82, 2.24) is 5.32 Å². The fourth-order valence-electron chi connectivity index (χ4n) is 2.81. The largest absolute Gasteiger partial charge is 0.304 e. The molecular weight excluding hydrogens is 222 g/mol. The maximum atomic E-state index is 12.3. The molecule has 0 saturated heterocycles. The molecule has 1 aromatic carbocycles. The summed E-state index contributed by atoms with van der Waals surface area (Å²) >= 11 is 0. The summed E-state index contributed by atoms with van der Waals surface area (Å²) < 4.78 is 0. The Morgan fingerprint density at radius 3 is 2.56 bits per heavy atom. The third-order valence-corrected chi connectivity index (χ3v) is 4.03. The van der Waals surface area contributed by atoms with Crippen molar-refractivity contribution in [1.29, 1.82) is 0 Å². The molecule has 3 unspecified atom stereocenters. The van der Waals surface area contributed by atoms with Crippen LogP contribution in [0.3, 0.4) is 0 Å². The van der Waals surface area contributed by atoms with E-state index in [0.29, 0.717) is 12.0 Å². The van der Waals surface area contributed by atoms with E-state index < -0.39 is 0 Å². The van der Waals surface area contributed by atoms with Gasteiger partial charge in [0.1, 0.15) is 0 Å². The highest BCUT2D eigenvalue weighted by molar-refractivity contribution is 5.99. The Bertz CT molecular complexity index is 387. The van der Waals surface area contributed by atoms with E-state index in [-0.39, 0.29) is 11.8 Å². The summed E-state index contributed by atoms with van der Waals surface area (Å²) in [6, 6.07) is 9.99. The molecule has 2 heteroatoms. The van der Waals surface area contributed by atoms with Gasteiger partial charge in [-0.2, -0.15) is 0 Å². The van der Waals surface area contributed by atoms with Gasteiger partial charge in [0, 0.05) is 11.6 Å². The summed E-state index contributed by atoms with van der Waals surface area (Å²) in [5, 5.41) is 3.52. The van der Waals surface area contributed by atoms with Gasteiger partial charge >= 0.3 is 0 Å². The highest BCUT2D eigenvalue weighted by Crippen LogP contribution is 2.24. The SMILES string of the molecule is CC(NC1CCCCC1C)C(=O)c1ccccc1. The summed E-state index contributed by atoms with van der Waals surface area (Å²) in [6.07, 6.45) is 5.10. The van der Waals surface area contributed by atoms with Gasteiger partial charge in [0.15, 0.2) is 5.78 Å². The molecule has 1 aliphatic rings. The molecule has 0 spiro atoms. The zero-order valence-electron chi connectivity index (χ0n) is 11.4. The molecule has 0 aromatic heterocycles. The van der Waals surface area contributed by atoms with Crippen molar-refractivity contribution in [3.63, 3.8) is 0 Å². The second kappa shape index (κ2) is 6.14. The molecule has 0 amide bonds. The fourth-order valence-corrected chi connectivity index (χ4v) is 2.81. The topological polar surface area (TPSA) is 29.1 Å². The lowest BCUT2D eigenvalue weighted by atomic mass is 9.85. The van der Waals surface area contributed by atoms with Crippen LogP contribution >= 0.6 is 0 Å². The monoisotopic (exact) mass is 245 g/mol. The summed E-state index contributed by atoms with van der Waals surface area (Å²) in [7, 11) is 0. The molecule has 1 fully saturated rings. The zero-order chi connectivity index (χ0) is 13.0. The molecule has 0 aliphatic heterocycles. The molecule has 0 bridgehead atoms. The number of hydrogen-bond acceptors (Lipinski definition) is 2. The number of ketones is 1. The second-order valence-electron chi connectivity index (χ2n) is 5.49. The van der Waals surface area contributed by atoms with Crippen molar-refractivity contribution in [2.75, 3.05) is 0 Å². The van der Waals surface area contributed by atoms with Gasteiger partial charge in [0.2, 0.25) is 0 Å². The third kappa shape index (κ3) is 3.20. The molecule has 0 radical (unpaired) electrons. The average molecular weight is 245 g/mol. The smallest absolute Gasteiger partial charge is 0.179 e. The Kier molecular flexibility index (Phi) is 4.54. The lowest BCUT2D eigenvalue weighted by Gasteiger charge is -2.31. The molecule has 1 N–H and O–H groups in total. The van der Waals surface area contributed by atoms with E-state index in [1.54, 1.807) is 0 Å². The van der Waals surface area contributed by atoms with Gasteiger partial charge < -0.3 is 5.32 Å². The van der Waals surface area contributed by atoms with Crippen LogP contribution in [0, 0.1) is 5.92 Å². The number of benzene rings is 1. The van der Waals surface area contributed by atoms with Crippen LogP contribution in [0.15, 0.2) is 30.3 Å². The van der Waals surface area contributed by atoms with Crippen molar-refractivity contribution in [2.24, 2.45) is 5.92 Å². The Hall–Kier alpha value is -1.15. The van der Waals surface area contributed by atoms with Gasteiger partial charge in [0.05, 0.1) is 6.04 Å². The van der Waals surface area contributed by atoms with E-state index in [4.69, 9.17) is 0 Å². The molecule has 1 saturated carbocycles. The predicted octanol–water partition coefficient (Wildman–Crippen LogP) is 3.43. The van der Waals surface area contributed by atoms with Crippen LogP contribution < -0.4 is 5.32 Å². The molecule has 0 heterocycles. The first kappa shape index (κ1) is 13.3. The van der Waals surface area contributed by atoms with Crippen LogP contribution in [-0.2, 0) is 0 Å². The normalized spacial score (nSPS) is 25.7. The minimum atomic E-state index is -0.0852. The van der Waals surface area contributed by atoms with Crippen LogP contribution in [-0.4, -0.2) is 17.9 Å². The van der Waals surface area contributed by atoms with Gasteiger partial charge in [-0.15, -0.1) is 0 Å². The second-order valence-corrected chi connectivity index (χ2v) is 5.49. The Morgan fingerprint density at radius 2 is 1.89 bits per heavy atom. The lowest BCUT2D eigenvalue weighted by Crippen LogP contribution is -2.45. The maximum Gasteiger partial charge on any atom is 0.179 e. The first-order valence-corrected chi connectivity index (χ1v) is 7.04. The Labute approximate surface area is 110 Å². The number of carbonyl (C=O) groups excluding carboxylic acids is 1. The van der Waals surface area contributed by atoms with Gasteiger partial charge in [-0.25, -0.2) is 0 Å². The van der Waals surface area contributed by atoms with Gasteiger partial charge in [-0.05, 0) is 25.7 Å². The van der Waals surface area contributed by atoms with Gasteiger partial charge in [0.25, 0.3) is 0 Å². The average Bonchev–Trinajstić information content (AvgIpc) is 2.41. The zero-order valence-corrected chi connectivity index (χ0v) is 11.4. The van der Waals surface area contributed by atoms with Crippen molar-refractivity contribution >= 4 is 5.78 Å². The quantitative estimate of drug-likeness (QED) is 0.823. The Morgan fingerprint density at radius 1 is 1.22 bits per heavy atom. The molecule has 2 rings (SSSR count). The third-order valence-electron chi connectivity index (χ3n) is 4.03. The van der Waals surface area contributed by atoms with E-state index >= 15 is 0 Å². The van der Waals surface area contributed by atoms with Crippen LogP contribution in [0.25, 0.3) is 0 Å². The van der Waals surface area contributed by atoms with Crippen LogP contribution in [0.5, 0.6) is 0 Å². The first-order valence-electron chi connectivity index (χ1n) is 7.04. The van der Waals surface area contributed by atoms with Crippen molar-refractivity contribution in [2.45, 2.75) is 51.6 Å². The summed E-state index contributed by atoms with van der Waals surface area (Å²) in [6.45, 7) is 4.27. The van der Waals surface area contributed by atoms with E-state index in [1.807, 2.05) is 37.3 Å². The molecule has 1 aromatic rings. The van der Waals surface area contributed by atoms with Gasteiger partial charge in [-0.3, -0.25) is 4.79 Å². The molecule has 3 atom stereocenters. The lowest BCUT2D eigenvalue weighted by molar-refractivity contribution is 0.0933. The Balaban J connectivity index is 1.95. The highest BCUT2D eigenvalue weighted by atomic mass is 16.1. The molecule has 18 heavy (non-hydrogen) atoms. The fraction of sp³-hybridized carbons (Fsp3) is 0.562. The first-order chi connectivity index (χ1) is 8.68.